The van der Waals surface area contributed by atoms with Crippen molar-refractivity contribution in [1.82, 2.24) is 10.6 Å². The summed E-state index contributed by atoms with van der Waals surface area (Å²) in [5, 5.41) is 6.94. The zero-order valence-corrected chi connectivity index (χ0v) is 11.0. The summed E-state index contributed by atoms with van der Waals surface area (Å²) in [6.07, 6.45) is 0. The van der Waals surface area contributed by atoms with E-state index in [0.717, 1.165) is 23.3 Å². The molecule has 0 bridgehead atoms. The van der Waals surface area contributed by atoms with E-state index in [1.807, 2.05) is 31.3 Å². The van der Waals surface area contributed by atoms with Crippen LogP contribution in [-0.4, -0.2) is 32.4 Å². The molecule has 2 N–H and O–H groups in total. The Labute approximate surface area is 106 Å². The molecular weight excluding hydrogens is 242 g/mol. The van der Waals surface area contributed by atoms with Gasteiger partial charge in [-0.2, -0.15) is 0 Å². The number of nitrogens with zero attached hydrogens (tertiary/aromatic N) is 1. The third kappa shape index (κ3) is 4.77. The lowest BCUT2D eigenvalue weighted by Gasteiger charge is -2.07. The van der Waals surface area contributed by atoms with E-state index < -0.39 is 0 Å². The lowest BCUT2D eigenvalue weighted by Crippen LogP contribution is -2.35. The number of thioether (sulfide) groups is 1. The van der Waals surface area contributed by atoms with Gasteiger partial charge in [0, 0.05) is 36.3 Å². The first-order valence-electron chi connectivity index (χ1n) is 5.03. The average Bonchev–Trinajstić information content (AvgIpc) is 2.32. The Morgan fingerprint density at radius 3 is 2.62 bits per heavy atom. The molecule has 0 spiro atoms. The largest absolute Gasteiger partial charge is 0.359 e. The first-order chi connectivity index (χ1) is 7.76. The minimum absolute atomic E-state index is 0.776. The molecule has 0 aromatic heterocycles. The van der Waals surface area contributed by atoms with E-state index in [9.17, 15) is 0 Å². The zero-order chi connectivity index (χ0) is 11.8. The van der Waals surface area contributed by atoms with Crippen molar-refractivity contribution in [2.45, 2.75) is 4.90 Å². The maximum Gasteiger partial charge on any atom is 0.190 e. The highest BCUT2D eigenvalue weighted by Gasteiger charge is 1.95. The quantitative estimate of drug-likeness (QED) is 0.376. The summed E-state index contributed by atoms with van der Waals surface area (Å²) < 4.78 is 0. The fourth-order valence-corrected chi connectivity index (χ4v) is 2.04. The van der Waals surface area contributed by atoms with Gasteiger partial charge in [0.05, 0.1) is 0 Å². The smallest absolute Gasteiger partial charge is 0.190 e. The Kier molecular flexibility index (Phi) is 6.11. The Morgan fingerprint density at radius 1 is 1.38 bits per heavy atom. The Balaban J connectivity index is 2.23. The molecule has 0 aliphatic carbocycles. The fourth-order valence-electron chi connectivity index (χ4n) is 1.15. The Hall–Kier alpha value is -0.870. The van der Waals surface area contributed by atoms with Crippen LogP contribution in [0.4, 0.5) is 0 Å². The van der Waals surface area contributed by atoms with Crippen LogP contribution in [0.25, 0.3) is 0 Å². The topological polar surface area (TPSA) is 36.4 Å². The molecule has 0 heterocycles. The van der Waals surface area contributed by atoms with Crippen LogP contribution in [0.1, 0.15) is 0 Å². The molecule has 88 valence electrons. The van der Waals surface area contributed by atoms with Crippen LogP contribution in [0, 0.1) is 0 Å². The average molecular weight is 258 g/mol. The highest BCUT2D eigenvalue weighted by Crippen LogP contribution is 2.19. The van der Waals surface area contributed by atoms with Crippen molar-refractivity contribution in [2.24, 2.45) is 4.99 Å². The van der Waals surface area contributed by atoms with Gasteiger partial charge in [-0.15, -0.1) is 11.8 Å². The second kappa shape index (κ2) is 7.41. The summed E-state index contributed by atoms with van der Waals surface area (Å²) in [5.74, 6) is 1.80. The van der Waals surface area contributed by atoms with Gasteiger partial charge in [0.25, 0.3) is 0 Å². The first-order valence-corrected chi connectivity index (χ1v) is 6.39. The molecule has 0 radical (unpaired) electrons. The third-order valence-electron chi connectivity index (χ3n) is 1.94. The van der Waals surface area contributed by atoms with Crippen LogP contribution >= 0.6 is 23.4 Å². The molecular formula is C11H16ClN3S. The minimum atomic E-state index is 0.776. The number of guanidine groups is 1. The van der Waals surface area contributed by atoms with E-state index in [1.54, 1.807) is 18.8 Å². The van der Waals surface area contributed by atoms with Crippen LogP contribution in [0.3, 0.4) is 0 Å². The number of hydrogen-bond acceptors (Lipinski definition) is 2. The summed E-state index contributed by atoms with van der Waals surface area (Å²) >= 11 is 7.59. The van der Waals surface area contributed by atoms with E-state index in [0.29, 0.717) is 0 Å². The number of rotatable bonds is 4. The van der Waals surface area contributed by atoms with Gasteiger partial charge in [-0.05, 0) is 24.3 Å². The van der Waals surface area contributed by atoms with Gasteiger partial charge >= 0.3 is 0 Å². The molecule has 3 nitrogen and oxygen atoms in total. The van der Waals surface area contributed by atoms with Crippen molar-refractivity contribution in [2.75, 3.05) is 26.4 Å². The lowest BCUT2D eigenvalue weighted by atomic mass is 10.4. The van der Waals surface area contributed by atoms with E-state index >= 15 is 0 Å². The van der Waals surface area contributed by atoms with Gasteiger partial charge < -0.3 is 10.6 Å². The van der Waals surface area contributed by atoms with Gasteiger partial charge in [-0.3, -0.25) is 4.99 Å². The fraction of sp³-hybridized carbons (Fsp3) is 0.364. The predicted molar refractivity (Wildman–Crippen MR) is 72.6 cm³/mol. The Bertz CT molecular complexity index is 338. The van der Waals surface area contributed by atoms with Crippen LogP contribution < -0.4 is 10.6 Å². The summed E-state index contributed by atoms with van der Waals surface area (Å²) in [6, 6.07) is 7.87. The van der Waals surface area contributed by atoms with Crippen molar-refractivity contribution in [3.05, 3.63) is 29.3 Å². The molecule has 0 aliphatic rings. The number of aliphatic imine (C=N–C) groups is 1. The van der Waals surface area contributed by atoms with E-state index in [1.165, 1.54) is 4.90 Å². The van der Waals surface area contributed by atoms with Gasteiger partial charge in [0.1, 0.15) is 0 Å². The van der Waals surface area contributed by atoms with Crippen LogP contribution in [0.2, 0.25) is 5.02 Å². The number of hydrogen-bond donors (Lipinski definition) is 2. The predicted octanol–water partition coefficient (Wildman–Crippen LogP) is 2.23. The number of benzene rings is 1. The normalized spacial score (nSPS) is 11.3. The maximum atomic E-state index is 5.81. The van der Waals surface area contributed by atoms with Gasteiger partial charge in [0.15, 0.2) is 5.96 Å². The van der Waals surface area contributed by atoms with E-state index in [2.05, 4.69) is 15.6 Å². The zero-order valence-electron chi connectivity index (χ0n) is 9.46. The number of halogens is 1. The van der Waals surface area contributed by atoms with Crippen molar-refractivity contribution in [3.63, 3.8) is 0 Å². The second-order valence-electron chi connectivity index (χ2n) is 3.05. The Morgan fingerprint density at radius 2 is 2.06 bits per heavy atom. The minimum Gasteiger partial charge on any atom is -0.359 e. The lowest BCUT2D eigenvalue weighted by molar-refractivity contribution is 0.912. The summed E-state index contributed by atoms with van der Waals surface area (Å²) in [5.41, 5.74) is 0. The number of nitrogens with one attached hydrogen (secondary N) is 2. The third-order valence-corrected chi connectivity index (χ3v) is 3.20. The van der Waals surface area contributed by atoms with Crippen molar-refractivity contribution in [3.8, 4) is 0 Å². The van der Waals surface area contributed by atoms with E-state index in [4.69, 9.17) is 11.6 Å². The molecule has 0 saturated heterocycles. The summed E-state index contributed by atoms with van der Waals surface area (Å²) in [4.78, 5) is 5.26. The molecule has 1 aromatic carbocycles. The molecule has 16 heavy (non-hydrogen) atoms. The van der Waals surface area contributed by atoms with Crippen LogP contribution in [0.5, 0.6) is 0 Å². The SMILES string of the molecule is CN=C(NC)NCCSc1ccc(Cl)cc1. The second-order valence-corrected chi connectivity index (χ2v) is 4.66. The van der Waals surface area contributed by atoms with E-state index in [-0.39, 0.29) is 0 Å². The maximum absolute atomic E-state index is 5.81. The van der Waals surface area contributed by atoms with Gasteiger partial charge in [-0.25, -0.2) is 0 Å². The monoisotopic (exact) mass is 257 g/mol. The van der Waals surface area contributed by atoms with Gasteiger partial charge in [-0.1, -0.05) is 11.6 Å². The highest BCUT2D eigenvalue weighted by molar-refractivity contribution is 7.99. The summed E-state index contributed by atoms with van der Waals surface area (Å²) in [7, 11) is 3.60. The van der Waals surface area contributed by atoms with Crippen molar-refractivity contribution < 1.29 is 0 Å². The molecule has 0 atom stereocenters. The van der Waals surface area contributed by atoms with Crippen LogP contribution in [0.15, 0.2) is 34.2 Å². The molecule has 0 fully saturated rings. The van der Waals surface area contributed by atoms with Gasteiger partial charge in [0.2, 0.25) is 0 Å². The summed E-state index contributed by atoms with van der Waals surface area (Å²) in [6.45, 7) is 0.876. The molecule has 0 unspecified atom stereocenters. The molecule has 0 saturated carbocycles. The molecule has 1 rings (SSSR count). The molecule has 5 heteroatoms. The molecule has 0 aliphatic heterocycles. The highest BCUT2D eigenvalue weighted by atomic mass is 35.5. The van der Waals surface area contributed by atoms with Crippen molar-refractivity contribution in [1.29, 1.82) is 0 Å². The standard InChI is InChI=1S/C11H16ClN3S/c1-13-11(14-2)15-7-8-16-10-5-3-9(12)4-6-10/h3-6H,7-8H2,1-2H3,(H2,13,14,15). The molecule has 0 amide bonds. The van der Waals surface area contributed by atoms with Crippen LogP contribution in [-0.2, 0) is 0 Å². The molecule has 1 aromatic rings. The first kappa shape index (κ1) is 13.2. The van der Waals surface area contributed by atoms with Crippen molar-refractivity contribution >= 4 is 29.3 Å².